The molecule has 0 aliphatic heterocycles. The zero-order valence-electron chi connectivity index (χ0n) is 13.2. The van der Waals surface area contributed by atoms with Crippen molar-refractivity contribution in [3.8, 4) is 0 Å². The van der Waals surface area contributed by atoms with Crippen LogP contribution in [-0.4, -0.2) is 6.04 Å². The highest BCUT2D eigenvalue weighted by Gasteiger charge is 2.18. The van der Waals surface area contributed by atoms with Gasteiger partial charge < -0.3 is 5.73 Å². The fourth-order valence-corrected chi connectivity index (χ4v) is 3.16. The van der Waals surface area contributed by atoms with Crippen LogP contribution >= 0.6 is 0 Å². The first-order chi connectivity index (χ1) is 7.60. The smallest absolute Gasteiger partial charge is 0.00439 e. The molecule has 0 saturated carbocycles. The molecule has 0 fully saturated rings. The minimum atomic E-state index is 0.390. The zero-order chi connectivity index (χ0) is 13.6. The van der Waals surface area contributed by atoms with Gasteiger partial charge in [0.1, 0.15) is 0 Å². The second-order valence-corrected chi connectivity index (χ2v) is 7.84. The topological polar surface area (TPSA) is 26.0 Å². The lowest BCUT2D eigenvalue weighted by Crippen LogP contribution is -2.27. The molecule has 1 heteroatoms. The third-order valence-electron chi connectivity index (χ3n) is 3.24. The molecule has 17 heavy (non-hydrogen) atoms. The zero-order valence-corrected chi connectivity index (χ0v) is 13.2. The third kappa shape index (κ3) is 10.8. The fraction of sp³-hybridized carbons (Fsp3) is 1.00. The molecule has 104 valence electrons. The molecule has 0 aliphatic rings. The molecule has 0 aromatic rings. The Hall–Kier alpha value is -0.0400. The highest BCUT2D eigenvalue weighted by molar-refractivity contribution is 4.73. The van der Waals surface area contributed by atoms with E-state index in [1.807, 2.05) is 0 Å². The Morgan fingerprint density at radius 2 is 1.29 bits per heavy atom. The monoisotopic (exact) mass is 241 g/mol. The lowest BCUT2D eigenvalue weighted by Gasteiger charge is -2.26. The van der Waals surface area contributed by atoms with Gasteiger partial charge in [-0.05, 0) is 48.9 Å². The summed E-state index contributed by atoms with van der Waals surface area (Å²) in [5.41, 5.74) is 6.70. The van der Waals surface area contributed by atoms with E-state index in [0.717, 1.165) is 17.8 Å². The van der Waals surface area contributed by atoms with Crippen LogP contribution in [0.15, 0.2) is 0 Å². The van der Waals surface area contributed by atoms with Crippen LogP contribution in [-0.2, 0) is 0 Å². The first kappa shape index (κ1) is 17.0. The maximum absolute atomic E-state index is 6.27. The van der Waals surface area contributed by atoms with E-state index in [-0.39, 0.29) is 0 Å². The van der Waals surface area contributed by atoms with E-state index in [1.54, 1.807) is 0 Å². The molecule has 0 aromatic carbocycles. The fourth-order valence-electron chi connectivity index (χ4n) is 3.16. The van der Waals surface area contributed by atoms with Gasteiger partial charge in [-0.3, -0.25) is 0 Å². The van der Waals surface area contributed by atoms with Crippen molar-refractivity contribution in [1.29, 1.82) is 0 Å². The van der Waals surface area contributed by atoms with Gasteiger partial charge in [-0.25, -0.2) is 0 Å². The van der Waals surface area contributed by atoms with Gasteiger partial charge in [0.05, 0.1) is 0 Å². The first-order valence-electron chi connectivity index (χ1n) is 7.35. The molecular weight excluding hydrogens is 206 g/mol. The van der Waals surface area contributed by atoms with Crippen molar-refractivity contribution >= 4 is 0 Å². The van der Waals surface area contributed by atoms with Crippen LogP contribution in [0.3, 0.4) is 0 Å². The summed E-state index contributed by atoms with van der Waals surface area (Å²) in [6, 6.07) is 0.390. The van der Waals surface area contributed by atoms with Gasteiger partial charge in [-0.1, -0.05) is 48.5 Å². The van der Waals surface area contributed by atoms with Crippen molar-refractivity contribution in [2.45, 2.75) is 80.2 Å². The average molecular weight is 241 g/mol. The molecule has 0 saturated heterocycles. The number of hydrogen-bond acceptors (Lipinski definition) is 1. The Kier molecular flexibility index (Phi) is 7.39. The van der Waals surface area contributed by atoms with Gasteiger partial charge in [-0.15, -0.1) is 0 Å². The van der Waals surface area contributed by atoms with Crippen LogP contribution in [0.2, 0.25) is 0 Å². The van der Waals surface area contributed by atoms with Gasteiger partial charge in [-0.2, -0.15) is 0 Å². The average Bonchev–Trinajstić information content (AvgIpc) is 1.95. The third-order valence-corrected chi connectivity index (χ3v) is 3.24. The summed E-state index contributed by atoms with van der Waals surface area (Å²) < 4.78 is 0. The molecule has 3 unspecified atom stereocenters. The number of hydrogen-bond donors (Lipinski definition) is 1. The van der Waals surface area contributed by atoms with E-state index in [4.69, 9.17) is 5.73 Å². The van der Waals surface area contributed by atoms with E-state index < -0.39 is 0 Å². The summed E-state index contributed by atoms with van der Waals surface area (Å²) in [4.78, 5) is 0. The molecule has 0 radical (unpaired) electrons. The van der Waals surface area contributed by atoms with E-state index in [0.29, 0.717) is 11.5 Å². The van der Waals surface area contributed by atoms with Gasteiger partial charge in [0.2, 0.25) is 0 Å². The number of nitrogens with two attached hydrogens (primary N) is 1. The Bertz CT molecular complexity index is 190. The second kappa shape index (κ2) is 7.41. The molecule has 3 atom stereocenters. The minimum absolute atomic E-state index is 0.390. The molecular formula is C16H35N. The van der Waals surface area contributed by atoms with E-state index in [9.17, 15) is 0 Å². The lowest BCUT2D eigenvalue weighted by molar-refractivity contribution is 0.272. The van der Waals surface area contributed by atoms with Gasteiger partial charge >= 0.3 is 0 Å². The van der Waals surface area contributed by atoms with Crippen molar-refractivity contribution in [1.82, 2.24) is 0 Å². The van der Waals surface area contributed by atoms with Crippen molar-refractivity contribution in [3.05, 3.63) is 0 Å². The summed E-state index contributed by atoms with van der Waals surface area (Å²) in [7, 11) is 0. The van der Waals surface area contributed by atoms with Crippen LogP contribution in [0.4, 0.5) is 0 Å². The molecule has 0 spiro atoms. The Morgan fingerprint density at radius 1 is 0.824 bits per heavy atom. The van der Waals surface area contributed by atoms with Crippen LogP contribution in [0.1, 0.15) is 74.1 Å². The largest absolute Gasteiger partial charge is 0.328 e. The van der Waals surface area contributed by atoms with Crippen LogP contribution in [0.25, 0.3) is 0 Å². The molecule has 0 aliphatic carbocycles. The minimum Gasteiger partial charge on any atom is -0.328 e. The van der Waals surface area contributed by atoms with Crippen molar-refractivity contribution in [3.63, 3.8) is 0 Å². The molecule has 0 heterocycles. The molecule has 0 rings (SSSR count). The van der Waals surface area contributed by atoms with Crippen LogP contribution < -0.4 is 5.73 Å². The summed E-state index contributed by atoms with van der Waals surface area (Å²) >= 11 is 0. The highest BCUT2D eigenvalue weighted by atomic mass is 14.6. The quantitative estimate of drug-likeness (QED) is 0.677. The Morgan fingerprint density at radius 3 is 1.71 bits per heavy atom. The molecule has 0 bridgehead atoms. The summed E-state index contributed by atoms with van der Waals surface area (Å²) in [5, 5.41) is 0. The summed E-state index contributed by atoms with van der Waals surface area (Å²) in [6.45, 7) is 16.2. The predicted octanol–water partition coefficient (Wildman–Crippen LogP) is 4.85. The van der Waals surface area contributed by atoms with Gasteiger partial charge in [0.15, 0.2) is 0 Å². The number of rotatable bonds is 7. The maximum atomic E-state index is 6.27. The normalized spacial score (nSPS) is 18.2. The highest BCUT2D eigenvalue weighted by Crippen LogP contribution is 2.27. The van der Waals surface area contributed by atoms with E-state index in [1.165, 1.54) is 25.7 Å². The van der Waals surface area contributed by atoms with Crippen molar-refractivity contribution < 1.29 is 0 Å². The SMILES string of the molecule is CC(C)CC(C)CC(N)CC(C)CC(C)(C)C. The van der Waals surface area contributed by atoms with Gasteiger partial charge in [0, 0.05) is 6.04 Å². The Balaban J connectivity index is 3.88. The summed E-state index contributed by atoms with van der Waals surface area (Å²) in [5.74, 6) is 2.31. The van der Waals surface area contributed by atoms with E-state index >= 15 is 0 Å². The maximum Gasteiger partial charge on any atom is 0.00439 e. The molecule has 1 nitrogen and oxygen atoms in total. The lowest BCUT2D eigenvalue weighted by atomic mass is 9.81. The van der Waals surface area contributed by atoms with Crippen LogP contribution in [0, 0.1) is 23.2 Å². The summed E-state index contributed by atoms with van der Waals surface area (Å²) in [6.07, 6.45) is 4.95. The second-order valence-electron chi connectivity index (χ2n) is 7.84. The van der Waals surface area contributed by atoms with Gasteiger partial charge in [0.25, 0.3) is 0 Å². The van der Waals surface area contributed by atoms with Crippen molar-refractivity contribution in [2.24, 2.45) is 28.9 Å². The Labute approximate surface area is 110 Å². The molecule has 2 N–H and O–H groups in total. The predicted molar refractivity (Wildman–Crippen MR) is 79.1 cm³/mol. The standard InChI is InChI=1S/C16H35N/c1-12(2)8-13(3)9-15(17)10-14(4)11-16(5,6)7/h12-15H,8-11,17H2,1-7H3. The van der Waals surface area contributed by atoms with E-state index in [2.05, 4.69) is 48.5 Å². The van der Waals surface area contributed by atoms with Crippen LogP contribution in [0.5, 0.6) is 0 Å². The molecule has 0 amide bonds. The van der Waals surface area contributed by atoms with Crippen molar-refractivity contribution in [2.75, 3.05) is 0 Å². The first-order valence-corrected chi connectivity index (χ1v) is 7.35. The molecule has 0 aromatic heterocycles.